The summed E-state index contributed by atoms with van der Waals surface area (Å²) in [6.07, 6.45) is 2.34. The molecule has 1 aromatic carbocycles. The van der Waals surface area contributed by atoms with Gasteiger partial charge in [-0.2, -0.15) is 5.10 Å². The highest BCUT2D eigenvalue weighted by molar-refractivity contribution is 6.04. The smallest absolute Gasteiger partial charge is 0.274 e. The van der Waals surface area contributed by atoms with Crippen molar-refractivity contribution in [2.75, 3.05) is 0 Å². The van der Waals surface area contributed by atoms with Gasteiger partial charge in [-0.3, -0.25) is 9.59 Å². The Balaban J connectivity index is 2.06. The molecule has 1 saturated carbocycles. The van der Waals surface area contributed by atoms with E-state index in [1.165, 1.54) is 17.5 Å². The molecule has 1 aromatic heterocycles. The highest BCUT2D eigenvalue weighted by atomic mass is 16.2. The summed E-state index contributed by atoms with van der Waals surface area (Å²) in [5.41, 5.74) is 0.180. The molecule has 0 aliphatic heterocycles. The van der Waals surface area contributed by atoms with E-state index >= 15 is 0 Å². The standard InChI is InChI=1S/C16H19N3O2/c1-3-19-16(21)13-7-5-4-6-12(13)14(18-19)15(20)17-10(2)11-8-9-11/h4-7,10-11H,3,8-9H2,1-2H3,(H,17,20)/t10-/m1/s1. The van der Waals surface area contributed by atoms with Crippen LogP contribution in [0, 0.1) is 5.92 Å². The summed E-state index contributed by atoms with van der Waals surface area (Å²) in [4.78, 5) is 24.7. The molecule has 0 saturated heterocycles. The van der Waals surface area contributed by atoms with E-state index in [4.69, 9.17) is 0 Å². The lowest BCUT2D eigenvalue weighted by atomic mass is 10.1. The summed E-state index contributed by atoms with van der Waals surface area (Å²) in [7, 11) is 0. The van der Waals surface area contributed by atoms with Crippen LogP contribution >= 0.6 is 0 Å². The molecule has 0 unspecified atom stereocenters. The molecule has 0 bridgehead atoms. The molecule has 0 spiro atoms. The van der Waals surface area contributed by atoms with Crippen LogP contribution < -0.4 is 10.9 Å². The maximum atomic E-state index is 12.5. The first kappa shape index (κ1) is 13.8. The minimum absolute atomic E-state index is 0.153. The molecule has 21 heavy (non-hydrogen) atoms. The average molecular weight is 285 g/mol. The minimum atomic E-state index is -0.201. The van der Waals surface area contributed by atoms with E-state index in [2.05, 4.69) is 10.4 Å². The summed E-state index contributed by atoms with van der Waals surface area (Å²) in [5.74, 6) is 0.380. The Kier molecular flexibility index (Phi) is 3.49. The van der Waals surface area contributed by atoms with E-state index in [0.29, 0.717) is 28.9 Å². The molecule has 2 aromatic rings. The molecular weight excluding hydrogens is 266 g/mol. The second-order valence-electron chi connectivity index (χ2n) is 5.61. The fourth-order valence-electron chi connectivity index (χ4n) is 2.61. The molecule has 1 aliphatic carbocycles. The Morgan fingerprint density at radius 3 is 2.67 bits per heavy atom. The van der Waals surface area contributed by atoms with E-state index in [1.807, 2.05) is 19.9 Å². The van der Waals surface area contributed by atoms with Gasteiger partial charge in [-0.05, 0) is 38.7 Å². The van der Waals surface area contributed by atoms with Gasteiger partial charge in [-0.25, -0.2) is 4.68 Å². The maximum Gasteiger partial charge on any atom is 0.274 e. The molecule has 5 heteroatoms. The molecule has 1 atom stereocenters. The van der Waals surface area contributed by atoms with Gasteiger partial charge in [0.05, 0.1) is 5.39 Å². The van der Waals surface area contributed by atoms with Crippen molar-refractivity contribution in [3.05, 3.63) is 40.3 Å². The summed E-state index contributed by atoms with van der Waals surface area (Å²) in [6, 6.07) is 7.30. The van der Waals surface area contributed by atoms with E-state index in [-0.39, 0.29) is 17.5 Å². The van der Waals surface area contributed by atoms with Crippen LogP contribution in [0.25, 0.3) is 10.8 Å². The lowest BCUT2D eigenvalue weighted by Crippen LogP contribution is -2.36. The van der Waals surface area contributed by atoms with E-state index in [1.54, 1.807) is 18.2 Å². The Labute approximate surface area is 123 Å². The Morgan fingerprint density at radius 1 is 1.38 bits per heavy atom. The normalized spacial score (nSPS) is 15.9. The summed E-state index contributed by atoms with van der Waals surface area (Å²) in [5, 5.41) is 8.41. The van der Waals surface area contributed by atoms with Crippen LogP contribution in [0.5, 0.6) is 0 Å². The van der Waals surface area contributed by atoms with Crippen molar-refractivity contribution in [3.63, 3.8) is 0 Å². The van der Waals surface area contributed by atoms with Crippen molar-refractivity contribution in [1.29, 1.82) is 0 Å². The zero-order valence-electron chi connectivity index (χ0n) is 12.3. The van der Waals surface area contributed by atoms with Crippen molar-refractivity contribution in [3.8, 4) is 0 Å². The molecule has 5 nitrogen and oxygen atoms in total. The van der Waals surface area contributed by atoms with E-state index in [0.717, 1.165) is 0 Å². The third-order valence-electron chi connectivity index (χ3n) is 4.07. The number of hydrogen-bond donors (Lipinski definition) is 1. The largest absolute Gasteiger partial charge is 0.348 e. The number of amides is 1. The lowest BCUT2D eigenvalue weighted by molar-refractivity contribution is 0.0930. The number of carbonyl (C=O) groups is 1. The summed E-state index contributed by atoms with van der Waals surface area (Å²) in [6.45, 7) is 4.31. The number of rotatable bonds is 4. The summed E-state index contributed by atoms with van der Waals surface area (Å²) < 4.78 is 1.35. The number of fused-ring (bicyclic) bond motifs is 1. The molecule has 1 N–H and O–H groups in total. The molecule has 1 fully saturated rings. The van der Waals surface area contributed by atoms with Crippen LogP contribution in [-0.2, 0) is 6.54 Å². The van der Waals surface area contributed by atoms with Crippen molar-refractivity contribution in [1.82, 2.24) is 15.1 Å². The van der Waals surface area contributed by atoms with Crippen LogP contribution in [-0.4, -0.2) is 21.7 Å². The first-order chi connectivity index (χ1) is 10.1. The molecular formula is C16H19N3O2. The molecule has 0 radical (unpaired) electrons. The van der Waals surface area contributed by atoms with Crippen molar-refractivity contribution in [2.45, 2.75) is 39.3 Å². The fourth-order valence-corrected chi connectivity index (χ4v) is 2.61. The minimum Gasteiger partial charge on any atom is -0.348 e. The van der Waals surface area contributed by atoms with Gasteiger partial charge in [0, 0.05) is 18.0 Å². The second kappa shape index (κ2) is 5.31. The van der Waals surface area contributed by atoms with Gasteiger partial charge in [0.1, 0.15) is 0 Å². The number of aromatic nitrogens is 2. The van der Waals surface area contributed by atoms with E-state index in [9.17, 15) is 9.59 Å². The van der Waals surface area contributed by atoms with Gasteiger partial charge in [0.25, 0.3) is 11.5 Å². The second-order valence-corrected chi connectivity index (χ2v) is 5.61. The van der Waals surface area contributed by atoms with Crippen LogP contribution in [0.4, 0.5) is 0 Å². The predicted molar refractivity (Wildman–Crippen MR) is 81.3 cm³/mol. The SMILES string of the molecule is CCn1nc(C(=O)N[C@H](C)C2CC2)c2ccccc2c1=O. The number of benzene rings is 1. The lowest BCUT2D eigenvalue weighted by Gasteiger charge is -2.14. The number of carbonyl (C=O) groups excluding carboxylic acids is 1. The molecule has 1 aliphatic rings. The summed E-state index contributed by atoms with van der Waals surface area (Å²) >= 11 is 0. The van der Waals surface area contributed by atoms with Crippen molar-refractivity contribution in [2.24, 2.45) is 5.92 Å². The number of aryl methyl sites for hydroxylation is 1. The Hall–Kier alpha value is -2.17. The van der Waals surface area contributed by atoms with Crippen molar-refractivity contribution >= 4 is 16.7 Å². The third-order valence-corrected chi connectivity index (χ3v) is 4.07. The van der Waals surface area contributed by atoms with Gasteiger partial charge in [-0.15, -0.1) is 0 Å². The monoisotopic (exact) mass is 285 g/mol. The number of nitrogens with zero attached hydrogens (tertiary/aromatic N) is 2. The molecule has 3 rings (SSSR count). The maximum absolute atomic E-state index is 12.5. The quantitative estimate of drug-likeness (QED) is 0.933. The zero-order valence-corrected chi connectivity index (χ0v) is 12.3. The number of hydrogen-bond acceptors (Lipinski definition) is 3. The number of nitrogens with one attached hydrogen (secondary N) is 1. The zero-order chi connectivity index (χ0) is 15.0. The predicted octanol–water partition coefficient (Wildman–Crippen LogP) is 1.94. The van der Waals surface area contributed by atoms with Crippen LogP contribution in [0.15, 0.2) is 29.1 Å². The van der Waals surface area contributed by atoms with Crippen LogP contribution in [0.3, 0.4) is 0 Å². The highest BCUT2D eigenvalue weighted by Crippen LogP contribution is 2.32. The van der Waals surface area contributed by atoms with E-state index < -0.39 is 0 Å². The molecule has 1 heterocycles. The highest BCUT2D eigenvalue weighted by Gasteiger charge is 2.29. The van der Waals surface area contributed by atoms with Gasteiger partial charge in [-0.1, -0.05) is 18.2 Å². The molecule has 110 valence electrons. The van der Waals surface area contributed by atoms with Crippen LogP contribution in [0.2, 0.25) is 0 Å². The first-order valence-electron chi connectivity index (χ1n) is 7.42. The Bertz CT molecular complexity index is 747. The first-order valence-corrected chi connectivity index (χ1v) is 7.42. The Morgan fingerprint density at radius 2 is 2.05 bits per heavy atom. The average Bonchev–Trinajstić information content (AvgIpc) is 3.32. The van der Waals surface area contributed by atoms with Gasteiger partial charge in [0.15, 0.2) is 5.69 Å². The van der Waals surface area contributed by atoms with Gasteiger partial charge >= 0.3 is 0 Å². The molecule has 1 amide bonds. The van der Waals surface area contributed by atoms with Gasteiger partial charge < -0.3 is 5.32 Å². The van der Waals surface area contributed by atoms with Crippen LogP contribution in [0.1, 0.15) is 37.2 Å². The topological polar surface area (TPSA) is 64.0 Å². The fraction of sp³-hybridized carbons (Fsp3) is 0.438. The van der Waals surface area contributed by atoms with Crippen molar-refractivity contribution < 1.29 is 4.79 Å². The third kappa shape index (κ3) is 2.55. The van der Waals surface area contributed by atoms with Gasteiger partial charge in [0.2, 0.25) is 0 Å².